The Bertz CT molecular complexity index is 890. The molecular formula is C22H22N2O3. The Labute approximate surface area is 158 Å². The van der Waals surface area contributed by atoms with Gasteiger partial charge in [0.15, 0.2) is 0 Å². The van der Waals surface area contributed by atoms with Crippen molar-refractivity contribution in [3.05, 3.63) is 78.0 Å². The number of amides is 1. The van der Waals surface area contributed by atoms with E-state index in [0.717, 1.165) is 24.2 Å². The van der Waals surface area contributed by atoms with Gasteiger partial charge in [0, 0.05) is 18.3 Å². The summed E-state index contributed by atoms with van der Waals surface area (Å²) in [4.78, 5) is 16.6. The molecule has 1 heterocycles. The number of benzene rings is 2. The van der Waals surface area contributed by atoms with E-state index in [0.29, 0.717) is 17.8 Å². The molecule has 5 nitrogen and oxygen atoms in total. The first-order valence-electron chi connectivity index (χ1n) is 8.82. The third-order valence-electron chi connectivity index (χ3n) is 4.25. The van der Waals surface area contributed by atoms with Crippen molar-refractivity contribution in [2.24, 2.45) is 0 Å². The number of methoxy groups -OCH3 is 1. The molecule has 0 unspecified atom stereocenters. The second-order valence-corrected chi connectivity index (χ2v) is 6.19. The van der Waals surface area contributed by atoms with E-state index >= 15 is 0 Å². The van der Waals surface area contributed by atoms with Crippen molar-refractivity contribution in [1.29, 1.82) is 0 Å². The van der Waals surface area contributed by atoms with Crippen molar-refractivity contribution in [3.8, 4) is 22.8 Å². The van der Waals surface area contributed by atoms with Crippen LogP contribution in [0.4, 0.5) is 0 Å². The molecule has 5 heteroatoms. The highest BCUT2D eigenvalue weighted by atomic mass is 16.5. The molecule has 0 aliphatic heterocycles. The highest BCUT2D eigenvalue weighted by Gasteiger charge is 2.07. The van der Waals surface area contributed by atoms with Gasteiger partial charge in [-0.25, -0.2) is 0 Å². The minimum atomic E-state index is -0.139. The lowest BCUT2D eigenvalue weighted by atomic mass is 10.1. The summed E-state index contributed by atoms with van der Waals surface area (Å²) in [6.07, 6.45) is 3.30. The molecule has 0 saturated carbocycles. The molecule has 0 radical (unpaired) electrons. The van der Waals surface area contributed by atoms with Crippen LogP contribution < -0.4 is 10.1 Å². The first-order chi connectivity index (χ1) is 13.2. The van der Waals surface area contributed by atoms with E-state index in [1.807, 2.05) is 30.3 Å². The number of hydrogen-bond acceptors (Lipinski definition) is 4. The summed E-state index contributed by atoms with van der Waals surface area (Å²) in [5.74, 6) is 0.890. The Morgan fingerprint density at radius 1 is 1.11 bits per heavy atom. The van der Waals surface area contributed by atoms with Crippen LogP contribution in [0.1, 0.15) is 22.3 Å². The molecule has 0 atom stereocenters. The van der Waals surface area contributed by atoms with E-state index in [1.54, 1.807) is 43.6 Å². The maximum atomic E-state index is 12.2. The Hall–Kier alpha value is -3.34. The second-order valence-electron chi connectivity index (χ2n) is 6.19. The molecule has 27 heavy (non-hydrogen) atoms. The number of nitrogens with one attached hydrogen (secondary N) is 1. The molecule has 0 bridgehead atoms. The summed E-state index contributed by atoms with van der Waals surface area (Å²) < 4.78 is 5.14. The van der Waals surface area contributed by atoms with Gasteiger partial charge in [-0.2, -0.15) is 0 Å². The minimum absolute atomic E-state index is 0.139. The molecule has 2 aromatic carbocycles. The number of carbonyl (C=O) groups excluding carboxylic acids is 1. The Morgan fingerprint density at radius 2 is 1.93 bits per heavy atom. The number of ether oxygens (including phenoxy) is 1. The fourth-order valence-electron chi connectivity index (χ4n) is 2.75. The van der Waals surface area contributed by atoms with Gasteiger partial charge in [0.1, 0.15) is 11.5 Å². The molecule has 0 saturated heterocycles. The number of pyridine rings is 1. The average Bonchev–Trinajstić information content (AvgIpc) is 2.71. The maximum Gasteiger partial charge on any atom is 0.252 e. The van der Waals surface area contributed by atoms with Crippen LogP contribution in [-0.2, 0) is 6.42 Å². The van der Waals surface area contributed by atoms with Crippen LogP contribution in [0.3, 0.4) is 0 Å². The maximum absolute atomic E-state index is 12.2. The smallest absolute Gasteiger partial charge is 0.252 e. The van der Waals surface area contributed by atoms with Crippen LogP contribution in [0.25, 0.3) is 11.3 Å². The van der Waals surface area contributed by atoms with Crippen molar-refractivity contribution in [3.63, 3.8) is 0 Å². The topological polar surface area (TPSA) is 71.5 Å². The van der Waals surface area contributed by atoms with Gasteiger partial charge in [0.2, 0.25) is 0 Å². The SMILES string of the molecule is COc1ccc(CCCNC(=O)c2ccc(-c3cccc(O)c3)nc2)cc1. The first-order valence-corrected chi connectivity index (χ1v) is 8.82. The first kappa shape index (κ1) is 18.5. The molecule has 3 rings (SSSR count). The van der Waals surface area contributed by atoms with Crippen LogP contribution in [0.5, 0.6) is 11.5 Å². The Kier molecular flexibility index (Phi) is 6.05. The summed E-state index contributed by atoms with van der Waals surface area (Å²) >= 11 is 0. The van der Waals surface area contributed by atoms with E-state index in [9.17, 15) is 9.90 Å². The van der Waals surface area contributed by atoms with Crippen molar-refractivity contribution >= 4 is 5.91 Å². The van der Waals surface area contributed by atoms with Crippen molar-refractivity contribution in [1.82, 2.24) is 10.3 Å². The zero-order valence-electron chi connectivity index (χ0n) is 15.2. The number of phenolic OH excluding ortho intramolecular Hbond substituents is 1. The summed E-state index contributed by atoms with van der Waals surface area (Å²) in [7, 11) is 1.65. The van der Waals surface area contributed by atoms with E-state index in [-0.39, 0.29) is 11.7 Å². The van der Waals surface area contributed by atoms with Gasteiger partial charge in [-0.3, -0.25) is 9.78 Å². The lowest BCUT2D eigenvalue weighted by Crippen LogP contribution is -2.24. The standard InChI is InChI=1S/C22H22N2O3/c1-27-20-10-7-16(8-11-20)4-3-13-23-22(26)18-9-12-21(24-15-18)17-5-2-6-19(25)14-17/h2,5-12,14-15,25H,3-4,13H2,1H3,(H,23,26). The molecule has 0 aliphatic carbocycles. The fraction of sp³-hybridized carbons (Fsp3) is 0.182. The number of phenols is 1. The van der Waals surface area contributed by atoms with Crippen molar-refractivity contribution < 1.29 is 14.6 Å². The van der Waals surface area contributed by atoms with Crippen LogP contribution in [0.15, 0.2) is 66.9 Å². The number of aromatic nitrogens is 1. The third-order valence-corrected chi connectivity index (χ3v) is 4.25. The molecule has 0 spiro atoms. The number of hydrogen-bond donors (Lipinski definition) is 2. The molecule has 0 aliphatic rings. The molecule has 1 amide bonds. The van der Waals surface area contributed by atoms with E-state index in [4.69, 9.17) is 4.74 Å². The predicted molar refractivity (Wildman–Crippen MR) is 105 cm³/mol. The zero-order chi connectivity index (χ0) is 19.1. The summed E-state index contributed by atoms with van der Waals surface area (Å²) in [6, 6.07) is 18.3. The van der Waals surface area contributed by atoms with Crippen molar-refractivity contribution in [2.45, 2.75) is 12.8 Å². The molecule has 3 aromatic rings. The van der Waals surface area contributed by atoms with Gasteiger partial charge in [0.25, 0.3) is 5.91 Å². The lowest BCUT2D eigenvalue weighted by molar-refractivity contribution is 0.0953. The summed E-state index contributed by atoms with van der Waals surface area (Å²) in [6.45, 7) is 0.596. The number of nitrogens with zero attached hydrogens (tertiary/aromatic N) is 1. The minimum Gasteiger partial charge on any atom is -0.508 e. The highest BCUT2D eigenvalue weighted by molar-refractivity contribution is 5.94. The summed E-state index contributed by atoms with van der Waals surface area (Å²) in [5.41, 5.74) is 3.24. The molecule has 138 valence electrons. The van der Waals surface area contributed by atoms with Gasteiger partial charge in [-0.05, 0) is 54.8 Å². The fourth-order valence-corrected chi connectivity index (χ4v) is 2.75. The average molecular weight is 362 g/mol. The number of aryl methyl sites for hydroxylation is 1. The van der Waals surface area contributed by atoms with Gasteiger partial charge in [-0.15, -0.1) is 0 Å². The Morgan fingerprint density at radius 3 is 2.59 bits per heavy atom. The summed E-state index contributed by atoms with van der Waals surface area (Å²) in [5, 5.41) is 12.5. The van der Waals surface area contributed by atoms with E-state index in [1.165, 1.54) is 5.56 Å². The lowest BCUT2D eigenvalue weighted by Gasteiger charge is -2.07. The predicted octanol–water partition coefficient (Wildman–Crippen LogP) is 3.83. The van der Waals surface area contributed by atoms with Crippen LogP contribution >= 0.6 is 0 Å². The van der Waals surface area contributed by atoms with Crippen LogP contribution in [-0.4, -0.2) is 29.7 Å². The number of rotatable bonds is 7. The Balaban J connectivity index is 1.49. The normalized spacial score (nSPS) is 10.4. The third kappa shape index (κ3) is 5.07. The zero-order valence-corrected chi connectivity index (χ0v) is 15.2. The van der Waals surface area contributed by atoms with Crippen LogP contribution in [0.2, 0.25) is 0 Å². The quantitative estimate of drug-likeness (QED) is 0.627. The second kappa shape index (κ2) is 8.85. The van der Waals surface area contributed by atoms with Gasteiger partial charge in [0.05, 0.1) is 18.4 Å². The molecule has 1 aromatic heterocycles. The van der Waals surface area contributed by atoms with Gasteiger partial charge in [-0.1, -0.05) is 24.3 Å². The van der Waals surface area contributed by atoms with Crippen molar-refractivity contribution in [2.75, 3.05) is 13.7 Å². The van der Waals surface area contributed by atoms with Gasteiger partial charge >= 0.3 is 0 Å². The number of aromatic hydroxyl groups is 1. The largest absolute Gasteiger partial charge is 0.508 e. The molecular weight excluding hydrogens is 340 g/mol. The van der Waals surface area contributed by atoms with Crippen LogP contribution in [0, 0.1) is 0 Å². The molecule has 2 N–H and O–H groups in total. The monoisotopic (exact) mass is 362 g/mol. The van der Waals surface area contributed by atoms with E-state index < -0.39 is 0 Å². The highest BCUT2D eigenvalue weighted by Crippen LogP contribution is 2.21. The van der Waals surface area contributed by atoms with E-state index in [2.05, 4.69) is 10.3 Å². The van der Waals surface area contributed by atoms with Gasteiger partial charge < -0.3 is 15.2 Å². The molecule has 0 fully saturated rings. The number of carbonyl (C=O) groups is 1.